The lowest BCUT2D eigenvalue weighted by Gasteiger charge is -2.37. The molecule has 0 saturated carbocycles. The summed E-state index contributed by atoms with van der Waals surface area (Å²) in [6, 6.07) is 39.4. The van der Waals surface area contributed by atoms with Gasteiger partial charge in [0, 0.05) is 39.4 Å². The molecule has 0 atom stereocenters. The smallest absolute Gasteiger partial charge is 0.417 e. The van der Waals surface area contributed by atoms with Gasteiger partial charge in [-0.15, -0.1) is 0 Å². The van der Waals surface area contributed by atoms with Gasteiger partial charge in [0.05, 0.1) is 63.9 Å². The zero-order valence-corrected chi connectivity index (χ0v) is 39.8. The van der Waals surface area contributed by atoms with Gasteiger partial charge in [-0.2, -0.15) is 26.3 Å². The highest BCUT2D eigenvalue weighted by Crippen LogP contribution is 2.53. The Labute approximate surface area is 416 Å². The number of fused-ring (bicyclic) bond motifs is 6. The Morgan fingerprint density at radius 3 is 1.03 bits per heavy atom. The molecule has 0 spiro atoms. The van der Waals surface area contributed by atoms with Crippen LogP contribution in [-0.4, -0.2) is 41.7 Å². The largest absolute Gasteiger partial charge is 0.497 e. The lowest BCUT2D eigenvalue weighted by molar-refractivity contribution is -0.137. The summed E-state index contributed by atoms with van der Waals surface area (Å²) in [4.78, 5) is 0. The van der Waals surface area contributed by atoms with Crippen LogP contribution < -0.4 is 37.9 Å². The summed E-state index contributed by atoms with van der Waals surface area (Å²) in [6.45, 7) is 0.0659. The van der Waals surface area contributed by atoms with Crippen molar-refractivity contribution in [1.82, 2.24) is 0 Å². The van der Waals surface area contributed by atoms with Crippen molar-refractivity contribution in [2.75, 3.05) is 41.7 Å². The molecule has 8 aromatic rings. The van der Waals surface area contributed by atoms with Crippen LogP contribution in [0.3, 0.4) is 0 Å². The average molecular weight is 997 g/mol. The minimum atomic E-state index is -4.73. The fraction of sp³-hybridized carbons (Fsp3) is 0.186. The van der Waals surface area contributed by atoms with Crippen LogP contribution in [0.4, 0.5) is 26.3 Å². The number of ether oxygens (including phenoxy) is 8. The summed E-state index contributed by atoms with van der Waals surface area (Å²) < 4.78 is 138. The van der Waals surface area contributed by atoms with E-state index in [4.69, 9.17) is 37.9 Å². The number of alkyl halides is 6. The van der Waals surface area contributed by atoms with Gasteiger partial charge in [0.25, 0.3) is 0 Å². The molecule has 8 aromatic carbocycles. The predicted molar refractivity (Wildman–Crippen MR) is 266 cm³/mol. The van der Waals surface area contributed by atoms with Crippen molar-refractivity contribution < 1.29 is 64.2 Å². The molecule has 0 aromatic heterocycles. The highest BCUT2D eigenvalue weighted by Gasteiger charge is 2.43. The second-order valence-corrected chi connectivity index (χ2v) is 17.3. The van der Waals surface area contributed by atoms with Crippen LogP contribution in [0.15, 0.2) is 158 Å². The molecule has 10 rings (SSSR count). The van der Waals surface area contributed by atoms with Crippen molar-refractivity contribution in [3.05, 3.63) is 202 Å². The summed E-state index contributed by atoms with van der Waals surface area (Å²) in [5.41, 5.74) is -1.46. The molecule has 0 radical (unpaired) electrons. The first-order valence-corrected chi connectivity index (χ1v) is 23.1. The van der Waals surface area contributed by atoms with Crippen molar-refractivity contribution >= 4 is 33.7 Å². The van der Waals surface area contributed by atoms with Crippen LogP contribution in [0.5, 0.6) is 46.0 Å². The molecule has 372 valence electrons. The van der Waals surface area contributed by atoms with E-state index in [2.05, 4.69) is 0 Å². The quantitative estimate of drug-likeness (QED) is 0.0788. The average Bonchev–Trinajstić information content (AvgIpc) is 3.41. The minimum absolute atomic E-state index is 0.0287. The molecule has 14 heteroatoms. The maximum Gasteiger partial charge on any atom is 0.417 e. The Kier molecular flexibility index (Phi) is 12.6. The number of methoxy groups -OCH3 is 4. The molecular weight excluding hydrogens is 951 g/mol. The zero-order chi connectivity index (χ0) is 51.1. The Bertz CT molecular complexity index is 3060. The van der Waals surface area contributed by atoms with Gasteiger partial charge in [-0.3, -0.25) is 0 Å². The number of rotatable bonds is 14. The zero-order valence-electron chi connectivity index (χ0n) is 39.8. The summed E-state index contributed by atoms with van der Waals surface area (Å²) >= 11 is 0. The summed E-state index contributed by atoms with van der Waals surface area (Å²) in [6.07, 6.45) is -2.20. The first-order valence-electron chi connectivity index (χ1n) is 23.1. The molecule has 73 heavy (non-hydrogen) atoms. The Morgan fingerprint density at radius 1 is 0.425 bits per heavy atom. The molecule has 2 aliphatic rings. The molecule has 0 bridgehead atoms. The number of halogens is 6. The molecule has 0 aliphatic carbocycles. The van der Waals surface area contributed by atoms with E-state index in [0.29, 0.717) is 56.4 Å². The van der Waals surface area contributed by atoms with E-state index in [1.165, 1.54) is 40.6 Å². The van der Waals surface area contributed by atoms with Crippen LogP contribution in [0.25, 0.3) is 33.7 Å². The fourth-order valence-corrected chi connectivity index (χ4v) is 9.58. The molecular formula is C59H46F6O8. The van der Waals surface area contributed by atoms with E-state index in [9.17, 15) is 26.3 Å². The first kappa shape index (κ1) is 48.4. The summed E-state index contributed by atoms with van der Waals surface area (Å²) in [7, 11) is 6.16. The minimum Gasteiger partial charge on any atom is -0.497 e. The lowest BCUT2D eigenvalue weighted by Crippen LogP contribution is -2.34. The van der Waals surface area contributed by atoms with Crippen molar-refractivity contribution in [2.24, 2.45) is 0 Å². The molecule has 0 saturated heterocycles. The maximum atomic E-state index is 14.9. The third kappa shape index (κ3) is 8.84. The van der Waals surface area contributed by atoms with E-state index in [0.717, 1.165) is 12.1 Å². The number of hydrogen-bond donors (Lipinski definition) is 0. The summed E-state index contributed by atoms with van der Waals surface area (Å²) in [5, 5.41) is 0.206. The second-order valence-electron chi connectivity index (χ2n) is 17.3. The van der Waals surface area contributed by atoms with Gasteiger partial charge in [0.2, 0.25) is 0 Å². The van der Waals surface area contributed by atoms with Crippen LogP contribution >= 0.6 is 0 Å². The van der Waals surface area contributed by atoms with Gasteiger partial charge in [0.15, 0.2) is 11.2 Å². The van der Waals surface area contributed by atoms with Gasteiger partial charge in [-0.25, -0.2) is 0 Å². The normalized spacial score (nSPS) is 14.4. The Hall–Kier alpha value is -8.26. The molecule has 0 amide bonds. The monoisotopic (exact) mass is 996 g/mol. The number of hydrogen-bond acceptors (Lipinski definition) is 8. The molecule has 0 unspecified atom stereocenters. The second kappa shape index (κ2) is 19.1. The van der Waals surface area contributed by atoms with Gasteiger partial charge in [-0.05, 0) is 108 Å². The molecule has 2 aliphatic heterocycles. The van der Waals surface area contributed by atoms with Crippen LogP contribution in [0, 0.1) is 0 Å². The predicted octanol–water partition coefficient (Wildman–Crippen LogP) is 14.6. The van der Waals surface area contributed by atoms with Gasteiger partial charge >= 0.3 is 12.4 Å². The molecule has 0 fully saturated rings. The van der Waals surface area contributed by atoms with Gasteiger partial charge in [-0.1, -0.05) is 72.8 Å². The van der Waals surface area contributed by atoms with E-state index in [1.54, 1.807) is 146 Å². The lowest BCUT2D eigenvalue weighted by atomic mass is 9.83. The van der Waals surface area contributed by atoms with Crippen molar-refractivity contribution in [3.63, 3.8) is 0 Å². The van der Waals surface area contributed by atoms with E-state index < -0.39 is 34.7 Å². The molecule has 2 heterocycles. The summed E-state index contributed by atoms with van der Waals surface area (Å²) in [5.74, 6) is 2.79. The van der Waals surface area contributed by atoms with Crippen LogP contribution in [0.2, 0.25) is 0 Å². The van der Waals surface area contributed by atoms with Crippen molar-refractivity contribution in [1.29, 1.82) is 0 Å². The van der Waals surface area contributed by atoms with Crippen LogP contribution in [-0.2, 0) is 23.6 Å². The molecule has 0 N–H and O–H groups in total. The highest BCUT2D eigenvalue weighted by molar-refractivity contribution is 5.99. The van der Waals surface area contributed by atoms with Gasteiger partial charge in [0.1, 0.15) is 46.0 Å². The Morgan fingerprint density at radius 2 is 0.740 bits per heavy atom. The van der Waals surface area contributed by atoms with Gasteiger partial charge < -0.3 is 37.9 Å². The van der Waals surface area contributed by atoms with E-state index >= 15 is 0 Å². The van der Waals surface area contributed by atoms with Crippen molar-refractivity contribution in [2.45, 2.75) is 30.0 Å². The van der Waals surface area contributed by atoms with Crippen LogP contribution in [0.1, 0.15) is 50.9 Å². The molecule has 8 nitrogen and oxygen atoms in total. The SMILES string of the molecule is COc1ccc(C2(c3ccc(OC)cc3)C=Cc3c(OCCCOc4cc5cccc(C(F)(F)F)c5c5c4C=CC(c4ccc(OC)cc4)(c4ccc(OC)cc4)O5)cc4cccc(C(F)(F)F)c4c3O2)cc1. The number of benzene rings is 8. The van der Waals surface area contributed by atoms with Crippen molar-refractivity contribution in [3.8, 4) is 46.0 Å². The Balaban J connectivity index is 0.994. The third-order valence-electron chi connectivity index (χ3n) is 13.2. The van der Waals surface area contributed by atoms with E-state index in [-0.39, 0.29) is 64.2 Å². The van der Waals surface area contributed by atoms with E-state index in [1.807, 2.05) is 0 Å². The highest BCUT2D eigenvalue weighted by atomic mass is 19.4. The topological polar surface area (TPSA) is 73.8 Å². The maximum absolute atomic E-state index is 14.9. The fourth-order valence-electron chi connectivity index (χ4n) is 9.58. The first-order chi connectivity index (χ1) is 35.2. The standard InChI is InChI=1S/C59H46F6O8/c1-66-42-20-12-38(13-21-42)56(39-14-22-43(67-2)23-15-39)30-28-46-50(34-36-8-5-10-48(58(60,61)62)52(36)54(46)72-56)70-32-7-33-71-51-35-37-9-6-11-49(59(63,64)65)53(37)55-47(51)29-31-57(73-55,40-16-24-44(68-3)25-17-40)41-18-26-45(69-4)27-19-41/h5-6,8-31,34-35H,7,32-33H2,1-4H3. The third-order valence-corrected chi connectivity index (χ3v) is 13.2.